The van der Waals surface area contributed by atoms with Crippen LogP contribution in [0, 0.1) is 12.3 Å². The molecule has 5 N–H and O–H groups in total. The number of guanidine groups is 1. The first-order chi connectivity index (χ1) is 10.5. The standard InChI is InChI=1S/C8H18N4.C7H8O3S/c1-8(2,3)5-11-7-10-4-6(9)12-7;1-6-2-4-7(5-3-6)11(8,9)10/h6H,4-5,9H2,1-3H3,(H2,10,11,12);2-5H,1H3,(H,8,9,10). The van der Waals surface area contributed by atoms with Gasteiger partial charge in [0.05, 0.1) is 11.4 Å². The largest absolute Gasteiger partial charge is 0.356 e. The molecule has 2 rings (SSSR count). The van der Waals surface area contributed by atoms with Gasteiger partial charge in [0.15, 0.2) is 5.96 Å². The van der Waals surface area contributed by atoms with Crippen LogP contribution in [-0.2, 0) is 10.1 Å². The van der Waals surface area contributed by atoms with Gasteiger partial charge in [0, 0.05) is 6.54 Å². The molecule has 0 fully saturated rings. The average Bonchev–Trinajstić information content (AvgIpc) is 2.82. The Morgan fingerprint density at radius 3 is 2.30 bits per heavy atom. The van der Waals surface area contributed by atoms with Crippen molar-refractivity contribution in [1.82, 2.24) is 10.6 Å². The van der Waals surface area contributed by atoms with Crippen LogP contribution in [0.1, 0.15) is 26.3 Å². The molecule has 0 radical (unpaired) electrons. The van der Waals surface area contributed by atoms with Crippen molar-refractivity contribution in [2.45, 2.75) is 38.8 Å². The molecule has 0 spiro atoms. The molecule has 1 aliphatic rings. The lowest BCUT2D eigenvalue weighted by Crippen LogP contribution is -2.39. The molecular formula is C15H26N4O3S. The van der Waals surface area contributed by atoms with Crippen molar-refractivity contribution in [2.75, 3.05) is 13.1 Å². The van der Waals surface area contributed by atoms with Gasteiger partial charge < -0.3 is 16.4 Å². The van der Waals surface area contributed by atoms with E-state index in [0.717, 1.165) is 24.6 Å². The zero-order valence-corrected chi connectivity index (χ0v) is 14.8. The van der Waals surface area contributed by atoms with E-state index in [1.165, 1.54) is 12.1 Å². The van der Waals surface area contributed by atoms with E-state index in [1.807, 2.05) is 6.92 Å². The van der Waals surface area contributed by atoms with Crippen LogP contribution in [0.5, 0.6) is 0 Å². The van der Waals surface area contributed by atoms with Crippen LogP contribution in [0.4, 0.5) is 0 Å². The smallest absolute Gasteiger partial charge is 0.294 e. The summed E-state index contributed by atoms with van der Waals surface area (Å²) in [5.74, 6) is 0.831. The van der Waals surface area contributed by atoms with E-state index in [2.05, 4.69) is 36.4 Å². The fraction of sp³-hybridized carbons (Fsp3) is 0.533. The number of hydrogen-bond donors (Lipinski definition) is 4. The number of hydrogen-bond acceptors (Lipinski definition) is 6. The van der Waals surface area contributed by atoms with Crippen LogP contribution >= 0.6 is 0 Å². The highest BCUT2D eigenvalue weighted by atomic mass is 32.2. The maximum atomic E-state index is 10.5. The molecule has 7 nitrogen and oxygen atoms in total. The van der Waals surface area contributed by atoms with Crippen molar-refractivity contribution in [3.8, 4) is 0 Å². The minimum Gasteiger partial charge on any atom is -0.356 e. The Bertz CT molecular complexity index is 634. The van der Waals surface area contributed by atoms with E-state index >= 15 is 0 Å². The molecule has 1 unspecified atom stereocenters. The van der Waals surface area contributed by atoms with Crippen LogP contribution in [0.2, 0.25) is 0 Å². The molecule has 23 heavy (non-hydrogen) atoms. The van der Waals surface area contributed by atoms with Crippen molar-refractivity contribution < 1.29 is 13.0 Å². The second kappa shape index (κ2) is 7.76. The Labute approximate surface area is 138 Å². The van der Waals surface area contributed by atoms with Crippen LogP contribution < -0.4 is 16.4 Å². The van der Waals surface area contributed by atoms with E-state index in [0.29, 0.717) is 0 Å². The Hall–Kier alpha value is -1.64. The molecule has 0 aliphatic carbocycles. The number of aliphatic imine (C=N–C) groups is 1. The summed E-state index contributed by atoms with van der Waals surface area (Å²) in [5, 5.41) is 6.30. The lowest BCUT2D eigenvalue weighted by atomic mass is 9.97. The predicted octanol–water partition coefficient (Wildman–Crippen LogP) is 1.11. The summed E-state index contributed by atoms with van der Waals surface area (Å²) < 4.78 is 29.6. The second-order valence-electron chi connectivity index (χ2n) is 6.63. The van der Waals surface area contributed by atoms with E-state index in [9.17, 15) is 8.42 Å². The lowest BCUT2D eigenvalue weighted by Gasteiger charge is -2.19. The Kier molecular flexibility index (Phi) is 6.55. The van der Waals surface area contributed by atoms with Gasteiger partial charge in [-0.15, -0.1) is 0 Å². The van der Waals surface area contributed by atoms with Crippen molar-refractivity contribution in [3.63, 3.8) is 0 Å². The SMILES string of the molecule is CC(C)(C)CNC1=NC(N)CN1.Cc1ccc(S(=O)(=O)O)cc1. The van der Waals surface area contributed by atoms with Gasteiger partial charge in [-0.05, 0) is 24.5 Å². The molecule has 0 bridgehead atoms. The minimum absolute atomic E-state index is 0.0666. The van der Waals surface area contributed by atoms with Gasteiger partial charge in [-0.25, -0.2) is 4.99 Å². The van der Waals surface area contributed by atoms with Crippen LogP contribution in [0.25, 0.3) is 0 Å². The minimum atomic E-state index is -4.02. The first-order valence-electron chi connectivity index (χ1n) is 7.33. The highest BCUT2D eigenvalue weighted by Gasteiger charge is 2.15. The normalized spacial score (nSPS) is 17.7. The van der Waals surface area contributed by atoms with Crippen LogP contribution in [0.15, 0.2) is 34.2 Å². The summed E-state index contributed by atoms with van der Waals surface area (Å²) in [6.07, 6.45) is -0.0764. The summed E-state index contributed by atoms with van der Waals surface area (Å²) in [7, 11) is -4.02. The topological polar surface area (TPSA) is 117 Å². The maximum absolute atomic E-state index is 10.5. The summed E-state index contributed by atoms with van der Waals surface area (Å²) in [4.78, 5) is 4.10. The maximum Gasteiger partial charge on any atom is 0.294 e. The summed E-state index contributed by atoms with van der Waals surface area (Å²) in [6, 6.07) is 5.99. The summed E-state index contributed by atoms with van der Waals surface area (Å²) >= 11 is 0. The number of rotatable bonds is 2. The van der Waals surface area contributed by atoms with Crippen LogP contribution in [0.3, 0.4) is 0 Å². The third-order valence-corrected chi connectivity index (χ3v) is 3.75. The molecule has 1 aromatic carbocycles. The van der Waals surface area contributed by atoms with Gasteiger partial charge in [-0.2, -0.15) is 8.42 Å². The molecule has 0 saturated heterocycles. The van der Waals surface area contributed by atoms with Crippen LogP contribution in [-0.4, -0.2) is 38.2 Å². The fourth-order valence-corrected chi connectivity index (χ4v) is 2.11. The third kappa shape index (κ3) is 7.96. The Balaban J connectivity index is 0.000000231. The van der Waals surface area contributed by atoms with Gasteiger partial charge in [0.2, 0.25) is 0 Å². The van der Waals surface area contributed by atoms with Gasteiger partial charge in [0.25, 0.3) is 10.1 Å². The molecule has 0 aromatic heterocycles. The number of nitrogens with zero attached hydrogens (tertiary/aromatic N) is 1. The van der Waals surface area contributed by atoms with Gasteiger partial charge in [-0.1, -0.05) is 38.5 Å². The Morgan fingerprint density at radius 2 is 1.91 bits per heavy atom. The van der Waals surface area contributed by atoms with Crippen molar-refractivity contribution >= 4 is 16.1 Å². The average molecular weight is 342 g/mol. The van der Waals surface area contributed by atoms with Crippen molar-refractivity contribution in [3.05, 3.63) is 29.8 Å². The number of nitrogens with two attached hydrogens (primary N) is 1. The molecule has 1 heterocycles. The van der Waals surface area contributed by atoms with E-state index in [1.54, 1.807) is 12.1 Å². The van der Waals surface area contributed by atoms with Gasteiger partial charge in [-0.3, -0.25) is 4.55 Å². The quantitative estimate of drug-likeness (QED) is 0.598. The first-order valence-corrected chi connectivity index (χ1v) is 8.77. The number of aryl methyl sites for hydroxylation is 1. The summed E-state index contributed by atoms with van der Waals surface area (Å²) in [5.41, 5.74) is 6.81. The van der Waals surface area contributed by atoms with E-state index < -0.39 is 10.1 Å². The van der Waals surface area contributed by atoms with Gasteiger partial charge >= 0.3 is 0 Å². The number of benzene rings is 1. The molecule has 130 valence electrons. The molecule has 8 heteroatoms. The summed E-state index contributed by atoms with van der Waals surface area (Å²) in [6.45, 7) is 10.0. The predicted molar refractivity (Wildman–Crippen MR) is 91.9 cm³/mol. The zero-order chi connectivity index (χ0) is 17.7. The molecule has 1 aromatic rings. The monoisotopic (exact) mass is 342 g/mol. The van der Waals surface area contributed by atoms with Gasteiger partial charge in [0.1, 0.15) is 6.17 Å². The molecule has 1 aliphatic heterocycles. The van der Waals surface area contributed by atoms with Crippen molar-refractivity contribution in [1.29, 1.82) is 0 Å². The molecule has 0 saturated carbocycles. The molecule has 1 atom stereocenters. The highest BCUT2D eigenvalue weighted by Crippen LogP contribution is 2.10. The first kappa shape index (κ1) is 19.4. The third-order valence-electron chi connectivity index (χ3n) is 2.88. The van der Waals surface area contributed by atoms with E-state index in [-0.39, 0.29) is 16.5 Å². The Morgan fingerprint density at radius 1 is 1.35 bits per heavy atom. The highest BCUT2D eigenvalue weighted by molar-refractivity contribution is 7.85. The van der Waals surface area contributed by atoms with Crippen molar-refractivity contribution in [2.24, 2.45) is 16.1 Å². The zero-order valence-electron chi connectivity index (χ0n) is 14.0. The lowest BCUT2D eigenvalue weighted by molar-refractivity contribution is 0.407. The molecular weight excluding hydrogens is 316 g/mol. The van der Waals surface area contributed by atoms with E-state index in [4.69, 9.17) is 10.3 Å². The fourth-order valence-electron chi connectivity index (χ4n) is 1.63. The second-order valence-corrected chi connectivity index (χ2v) is 8.05. The number of nitrogens with one attached hydrogen (secondary N) is 2. The molecule has 0 amide bonds.